The first-order chi connectivity index (χ1) is 19.5. The van der Waals surface area contributed by atoms with Crippen LogP contribution < -0.4 is 10.1 Å². The van der Waals surface area contributed by atoms with Gasteiger partial charge in [-0.15, -0.1) is 0 Å². The molecule has 14 nitrogen and oxygen atoms in total. The van der Waals surface area contributed by atoms with Gasteiger partial charge >= 0.3 is 23.9 Å². The van der Waals surface area contributed by atoms with Gasteiger partial charge in [-0.2, -0.15) is 5.26 Å². The molecule has 0 radical (unpaired) electrons. The molecule has 0 bridgehead atoms. The van der Waals surface area contributed by atoms with Crippen molar-refractivity contribution in [3.8, 4) is 11.8 Å². The van der Waals surface area contributed by atoms with E-state index in [9.17, 15) is 5.11 Å². The first kappa shape index (κ1) is 34.5. The highest BCUT2D eigenvalue weighted by Crippen LogP contribution is 2.13. The number of carboxylic acid groups (broad SMARTS) is 4. The molecule has 41 heavy (non-hydrogen) atoms. The van der Waals surface area contributed by atoms with Crippen molar-refractivity contribution in [3.05, 3.63) is 65.2 Å². The van der Waals surface area contributed by atoms with Crippen molar-refractivity contribution in [1.82, 2.24) is 10.2 Å². The van der Waals surface area contributed by atoms with E-state index in [0.717, 1.165) is 38.4 Å². The molecule has 1 aliphatic rings. The standard InChI is InChI=1S/C23H29N3O3.2C2H2O4/c24-10-9-19-5-7-23(8-6-19)29-18-22(27)16-25-15-20-1-3-21(4-2-20)17-26-11-13-28-14-12-26;2*3-1(4)2(5)6/h1-8,22,25,27H,9,11-18H2;2*(H,3,4)(H,5,6). The highest BCUT2D eigenvalue weighted by molar-refractivity contribution is 6.27. The summed E-state index contributed by atoms with van der Waals surface area (Å²) in [6.07, 6.45) is -0.199. The number of carbonyl (C=O) groups is 4. The number of hydrogen-bond acceptors (Lipinski definition) is 10. The zero-order valence-corrected chi connectivity index (χ0v) is 22.1. The molecule has 1 unspecified atom stereocenters. The Kier molecular flexibility index (Phi) is 16.4. The molecule has 0 aliphatic carbocycles. The third kappa shape index (κ3) is 16.2. The maximum absolute atomic E-state index is 10.1. The van der Waals surface area contributed by atoms with Gasteiger partial charge in [-0.25, -0.2) is 19.2 Å². The van der Waals surface area contributed by atoms with E-state index in [1.165, 1.54) is 11.1 Å². The number of hydrogen-bond donors (Lipinski definition) is 6. The Morgan fingerprint density at radius 3 is 1.83 bits per heavy atom. The highest BCUT2D eigenvalue weighted by atomic mass is 16.5. The summed E-state index contributed by atoms with van der Waals surface area (Å²) in [7, 11) is 0. The molecule has 1 saturated heterocycles. The summed E-state index contributed by atoms with van der Waals surface area (Å²) in [4.78, 5) is 38.8. The van der Waals surface area contributed by atoms with Crippen LogP contribution in [0.15, 0.2) is 48.5 Å². The molecule has 6 N–H and O–H groups in total. The van der Waals surface area contributed by atoms with E-state index < -0.39 is 30.0 Å². The van der Waals surface area contributed by atoms with E-state index in [4.69, 9.17) is 54.3 Å². The highest BCUT2D eigenvalue weighted by Gasteiger charge is 2.11. The Balaban J connectivity index is 0.000000588. The Hall–Kier alpha value is -4.55. The molecule has 1 aliphatic heterocycles. The largest absolute Gasteiger partial charge is 0.491 e. The van der Waals surface area contributed by atoms with E-state index in [1.807, 2.05) is 24.3 Å². The van der Waals surface area contributed by atoms with Crippen molar-refractivity contribution in [1.29, 1.82) is 5.26 Å². The van der Waals surface area contributed by atoms with E-state index in [2.05, 4.69) is 40.6 Å². The van der Waals surface area contributed by atoms with Gasteiger partial charge in [0.05, 0.1) is 25.7 Å². The summed E-state index contributed by atoms with van der Waals surface area (Å²) in [5.41, 5.74) is 3.46. The Labute approximate surface area is 236 Å². The lowest BCUT2D eigenvalue weighted by molar-refractivity contribution is -0.159. The monoisotopic (exact) mass is 575 g/mol. The first-order valence-corrected chi connectivity index (χ1v) is 12.3. The fraction of sp³-hybridized carbons (Fsp3) is 0.370. The molecule has 1 heterocycles. The average Bonchev–Trinajstić information content (AvgIpc) is 2.95. The molecule has 1 fully saturated rings. The second-order valence-corrected chi connectivity index (χ2v) is 8.50. The Bertz CT molecular complexity index is 1090. The second-order valence-electron chi connectivity index (χ2n) is 8.50. The van der Waals surface area contributed by atoms with Crippen molar-refractivity contribution in [2.45, 2.75) is 25.6 Å². The zero-order valence-electron chi connectivity index (χ0n) is 22.1. The quantitative estimate of drug-likeness (QED) is 0.211. The predicted molar refractivity (Wildman–Crippen MR) is 142 cm³/mol. The number of benzene rings is 2. The molecular formula is C27H33N3O11. The topological polar surface area (TPSA) is 227 Å². The van der Waals surface area contributed by atoms with E-state index in [0.29, 0.717) is 25.3 Å². The molecule has 0 spiro atoms. The van der Waals surface area contributed by atoms with Crippen LogP contribution >= 0.6 is 0 Å². The molecule has 3 rings (SSSR count). The zero-order chi connectivity index (χ0) is 30.6. The van der Waals surface area contributed by atoms with Gasteiger partial charge in [-0.3, -0.25) is 4.90 Å². The van der Waals surface area contributed by atoms with Crippen LogP contribution in [0, 0.1) is 11.3 Å². The predicted octanol–water partition coefficient (Wildman–Crippen LogP) is 0.426. The molecular weight excluding hydrogens is 542 g/mol. The third-order valence-electron chi connectivity index (χ3n) is 5.26. The molecule has 0 aromatic heterocycles. The number of ether oxygens (including phenoxy) is 2. The van der Waals surface area contributed by atoms with Crippen molar-refractivity contribution in [2.75, 3.05) is 39.5 Å². The lowest BCUT2D eigenvalue weighted by Crippen LogP contribution is -2.35. The fourth-order valence-electron chi connectivity index (χ4n) is 3.21. The molecule has 0 saturated carbocycles. The number of aliphatic hydroxyl groups is 1. The van der Waals surface area contributed by atoms with Gasteiger partial charge in [0, 0.05) is 32.7 Å². The van der Waals surface area contributed by atoms with Crippen LogP contribution in [-0.2, 0) is 43.4 Å². The molecule has 2 aromatic carbocycles. The van der Waals surface area contributed by atoms with Crippen LogP contribution in [0.4, 0.5) is 0 Å². The minimum atomic E-state index is -1.82. The Morgan fingerprint density at radius 2 is 1.34 bits per heavy atom. The van der Waals surface area contributed by atoms with Crippen molar-refractivity contribution >= 4 is 23.9 Å². The van der Waals surface area contributed by atoms with Crippen LogP contribution in [0.25, 0.3) is 0 Å². The van der Waals surface area contributed by atoms with Crippen LogP contribution in [-0.4, -0.2) is 99.9 Å². The van der Waals surface area contributed by atoms with Gasteiger partial charge in [-0.1, -0.05) is 36.4 Å². The number of morpholine rings is 1. The smallest absolute Gasteiger partial charge is 0.414 e. The number of nitrogens with zero attached hydrogens (tertiary/aromatic N) is 2. The average molecular weight is 576 g/mol. The van der Waals surface area contributed by atoms with E-state index in [-0.39, 0.29) is 6.61 Å². The Morgan fingerprint density at radius 1 is 0.854 bits per heavy atom. The summed E-state index contributed by atoms with van der Waals surface area (Å²) in [5.74, 6) is -6.60. The lowest BCUT2D eigenvalue weighted by Gasteiger charge is -2.26. The van der Waals surface area contributed by atoms with Crippen LogP contribution in [0.5, 0.6) is 5.75 Å². The van der Waals surface area contributed by atoms with Gasteiger partial charge in [0.15, 0.2) is 0 Å². The number of aliphatic hydroxyl groups excluding tert-OH is 1. The van der Waals surface area contributed by atoms with Crippen molar-refractivity contribution in [2.24, 2.45) is 0 Å². The summed E-state index contributed by atoms with van der Waals surface area (Å²) in [6.45, 7) is 5.98. The maximum Gasteiger partial charge on any atom is 0.414 e. The van der Waals surface area contributed by atoms with Gasteiger partial charge < -0.3 is 40.3 Å². The number of rotatable bonds is 10. The molecule has 222 valence electrons. The summed E-state index contributed by atoms with van der Waals surface area (Å²) < 4.78 is 11.0. The van der Waals surface area contributed by atoms with E-state index >= 15 is 0 Å². The summed E-state index contributed by atoms with van der Waals surface area (Å²) in [6, 6.07) is 18.1. The second kappa shape index (κ2) is 19.5. The van der Waals surface area contributed by atoms with Gasteiger partial charge in [0.2, 0.25) is 0 Å². The lowest BCUT2D eigenvalue weighted by atomic mass is 10.1. The molecule has 2 aromatic rings. The van der Waals surface area contributed by atoms with Gasteiger partial charge in [0.25, 0.3) is 0 Å². The van der Waals surface area contributed by atoms with Crippen molar-refractivity contribution < 1.29 is 54.2 Å². The normalized spacial score (nSPS) is 13.2. The summed E-state index contributed by atoms with van der Waals surface area (Å²) >= 11 is 0. The van der Waals surface area contributed by atoms with Gasteiger partial charge in [0.1, 0.15) is 18.5 Å². The minimum Gasteiger partial charge on any atom is -0.491 e. The number of nitriles is 1. The van der Waals surface area contributed by atoms with Gasteiger partial charge in [-0.05, 0) is 28.8 Å². The summed E-state index contributed by atoms with van der Waals surface area (Å²) in [5, 5.41) is 51.6. The molecule has 1 atom stereocenters. The van der Waals surface area contributed by atoms with Crippen LogP contribution in [0.2, 0.25) is 0 Å². The first-order valence-electron chi connectivity index (χ1n) is 12.3. The minimum absolute atomic E-state index is 0.225. The van der Waals surface area contributed by atoms with E-state index in [1.54, 1.807) is 0 Å². The number of aliphatic carboxylic acids is 4. The molecule has 14 heteroatoms. The SMILES string of the molecule is N#CCc1ccc(OCC(O)CNCc2ccc(CN3CCOCC3)cc2)cc1.O=C(O)C(=O)O.O=C(O)C(=O)O. The number of nitrogens with one attached hydrogen (secondary N) is 1. The number of carboxylic acids is 4. The third-order valence-corrected chi connectivity index (χ3v) is 5.26. The molecule has 0 amide bonds. The van der Waals surface area contributed by atoms with Crippen molar-refractivity contribution in [3.63, 3.8) is 0 Å². The van der Waals surface area contributed by atoms with Crippen LogP contribution in [0.1, 0.15) is 16.7 Å². The van der Waals surface area contributed by atoms with Crippen LogP contribution in [0.3, 0.4) is 0 Å². The fourth-order valence-corrected chi connectivity index (χ4v) is 3.21. The maximum atomic E-state index is 10.1.